The van der Waals surface area contributed by atoms with E-state index in [0.29, 0.717) is 37.6 Å². The molecule has 1 aromatic heterocycles. The lowest BCUT2D eigenvalue weighted by molar-refractivity contribution is -0.121. The molecule has 1 rings (SSSR count). The van der Waals surface area contributed by atoms with Crippen LogP contribution in [0.25, 0.3) is 0 Å². The Kier molecular flexibility index (Phi) is 10.8. The van der Waals surface area contributed by atoms with Crippen molar-refractivity contribution in [2.24, 2.45) is 11.7 Å². The number of aromatic nitrogens is 2. The molecule has 0 bridgehead atoms. The summed E-state index contributed by atoms with van der Waals surface area (Å²) in [5.41, 5.74) is 5.67. The first kappa shape index (κ1) is 20.9. The number of nitrogens with one attached hydrogen (secondary N) is 1. The van der Waals surface area contributed by atoms with Crippen molar-refractivity contribution in [3.8, 4) is 0 Å². The molecule has 0 spiro atoms. The number of rotatable bonds is 10. The molecule has 1 unspecified atom stereocenters. The van der Waals surface area contributed by atoms with E-state index >= 15 is 0 Å². The largest absolute Gasteiger partial charge is 0.352 e. The lowest BCUT2D eigenvalue weighted by atomic mass is 10.0. The maximum atomic E-state index is 11.9. The second kappa shape index (κ2) is 11.4. The number of carbonyl (C=O) groups is 1. The van der Waals surface area contributed by atoms with Gasteiger partial charge >= 0.3 is 0 Å². The molecule has 0 fully saturated rings. The number of nitrogens with zero attached hydrogens (tertiary/aromatic N) is 2. The SMILES string of the molecule is CCCc1noc(CCCC(=O)NC(CN)CC(C)C)n1.Cl. The van der Waals surface area contributed by atoms with Crippen molar-refractivity contribution in [1.29, 1.82) is 0 Å². The van der Waals surface area contributed by atoms with Crippen LogP contribution in [-0.2, 0) is 17.6 Å². The minimum absolute atomic E-state index is 0. The van der Waals surface area contributed by atoms with Crippen molar-refractivity contribution in [3.05, 3.63) is 11.7 Å². The molecular weight excluding hydrogens is 304 g/mol. The van der Waals surface area contributed by atoms with Gasteiger partial charge in [-0.3, -0.25) is 4.79 Å². The van der Waals surface area contributed by atoms with Gasteiger partial charge in [0.1, 0.15) is 0 Å². The van der Waals surface area contributed by atoms with Gasteiger partial charge in [0.05, 0.1) is 0 Å². The molecule has 128 valence electrons. The highest BCUT2D eigenvalue weighted by molar-refractivity contribution is 5.85. The summed E-state index contributed by atoms with van der Waals surface area (Å²) in [5, 5.41) is 6.87. The summed E-state index contributed by atoms with van der Waals surface area (Å²) in [6.45, 7) is 6.80. The zero-order chi connectivity index (χ0) is 15.7. The molecule has 0 aromatic carbocycles. The molecular formula is C15H29ClN4O2. The highest BCUT2D eigenvalue weighted by Gasteiger charge is 2.13. The maximum Gasteiger partial charge on any atom is 0.226 e. The standard InChI is InChI=1S/C15H28N4O2.ClH/c1-4-6-13-18-15(21-19-13)8-5-7-14(20)17-12(10-16)9-11(2)3;/h11-12H,4-10,16H2,1-3H3,(H,17,20);1H. The van der Waals surface area contributed by atoms with E-state index in [9.17, 15) is 4.79 Å². The summed E-state index contributed by atoms with van der Waals surface area (Å²) in [6, 6.07) is 0.0667. The summed E-state index contributed by atoms with van der Waals surface area (Å²) in [6.07, 6.45) is 4.54. The molecule has 0 saturated heterocycles. The average Bonchev–Trinajstić information content (AvgIpc) is 2.85. The Bertz CT molecular complexity index is 423. The molecule has 0 radical (unpaired) electrons. The minimum Gasteiger partial charge on any atom is -0.352 e. The van der Waals surface area contributed by atoms with Crippen LogP contribution in [0.4, 0.5) is 0 Å². The number of halogens is 1. The van der Waals surface area contributed by atoms with Gasteiger partial charge in [0.15, 0.2) is 5.82 Å². The monoisotopic (exact) mass is 332 g/mol. The number of aryl methyl sites for hydroxylation is 2. The van der Waals surface area contributed by atoms with Crippen LogP contribution in [0.1, 0.15) is 58.2 Å². The van der Waals surface area contributed by atoms with Gasteiger partial charge in [-0.15, -0.1) is 12.4 Å². The van der Waals surface area contributed by atoms with Crippen LogP contribution in [0.15, 0.2) is 4.52 Å². The Morgan fingerprint density at radius 1 is 1.36 bits per heavy atom. The van der Waals surface area contributed by atoms with Crippen LogP contribution in [-0.4, -0.2) is 28.6 Å². The van der Waals surface area contributed by atoms with E-state index in [1.807, 2.05) is 0 Å². The van der Waals surface area contributed by atoms with Crippen molar-refractivity contribution in [2.45, 2.75) is 65.3 Å². The fourth-order valence-electron chi connectivity index (χ4n) is 2.20. The Morgan fingerprint density at radius 3 is 2.68 bits per heavy atom. The molecule has 1 amide bonds. The first-order chi connectivity index (χ1) is 10.0. The molecule has 0 aliphatic carbocycles. The van der Waals surface area contributed by atoms with Crippen molar-refractivity contribution in [2.75, 3.05) is 6.54 Å². The Balaban J connectivity index is 0.00000441. The summed E-state index contributed by atoms with van der Waals surface area (Å²) < 4.78 is 5.14. The molecule has 0 saturated carbocycles. The highest BCUT2D eigenvalue weighted by atomic mass is 35.5. The third kappa shape index (κ3) is 8.34. The summed E-state index contributed by atoms with van der Waals surface area (Å²) in [4.78, 5) is 16.1. The van der Waals surface area contributed by atoms with Gasteiger partial charge in [0.25, 0.3) is 0 Å². The van der Waals surface area contributed by atoms with Crippen LogP contribution in [0.3, 0.4) is 0 Å². The number of carbonyl (C=O) groups excluding carboxylic acids is 1. The summed E-state index contributed by atoms with van der Waals surface area (Å²) in [5.74, 6) is 1.93. The molecule has 3 N–H and O–H groups in total. The van der Waals surface area contributed by atoms with Crippen LogP contribution < -0.4 is 11.1 Å². The van der Waals surface area contributed by atoms with Crippen LogP contribution in [0.5, 0.6) is 0 Å². The van der Waals surface area contributed by atoms with Crippen molar-refractivity contribution < 1.29 is 9.32 Å². The van der Waals surface area contributed by atoms with E-state index in [2.05, 4.69) is 36.2 Å². The van der Waals surface area contributed by atoms with E-state index in [0.717, 1.165) is 25.1 Å². The molecule has 1 aromatic rings. The third-order valence-electron chi connectivity index (χ3n) is 3.18. The van der Waals surface area contributed by atoms with Gasteiger partial charge in [-0.25, -0.2) is 0 Å². The van der Waals surface area contributed by atoms with Crippen LogP contribution >= 0.6 is 12.4 Å². The minimum atomic E-state index is 0. The quantitative estimate of drug-likeness (QED) is 0.685. The Morgan fingerprint density at radius 2 is 2.09 bits per heavy atom. The first-order valence-corrected chi connectivity index (χ1v) is 7.86. The Hall–Kier alpha value is -1.14. The van der Waals surface area contributed by atoms with E-state index in [1.54, 1.807) is 0 Å². The third-order valence-corrected chi connectivity index (χ3v) is 3.18. The number of hydrogen-bond acceptors (Lipinski definition) is 5. The van der Waals surface area contributed by atoms with Crippen LogP contribution in [0.2, 0.25) is 0 Å². The molecule has 6 nitrogen and oxygen atoms in total. The molecule has 7 heteroatoms. The van der Waals surface area contributed by atoms with Gasteiger partial charge in [0, 0.05) is 31.8 Å². The number of nitrogens with two attached hydrogens (primary N) is 1. The van der Waals surface area contributed by atoms with Crippen molar-refractivity contribution >= 4 is 18.3 Å². The number of hydrogen-bond donors (Lipinski definition) is 2. The topological polar surface area (TPSA) is 94.0 Å². The van der Waals surface area contributed by atoms with E-state index in [1.165, 1.54) is 0 Å². The second-order valence-corrected chi connectivity index (χ2v) is 5.84. The van der Waals surface area contributed by atoms with Gasteiger partial charge < -0.3 is 15.6 Å². The van der Waals surface area contributed by atoms with Gasteiger partial charge in [0.2, 0.25) is 11.8 Å². The lowest BCUT2D eigenvalue weighted by Crippen LogP contribution is -2.40. The zero-order valence-corrected chi connectivity index (χ0v) is 14.6. The highest BCUT2D eigenvalue weighted by Crippen LogP contribution is 2.06. The molecule has 1 heterocycles. The summed E-state index contributed by atoms with van der Waals surface area (Å²) >= 11 is 0. The summed E-state index contributed by atoms with van der Waals surface area (Å²) in [7, 11) is 0. The molecule has 1 atom stereocenters. The number of amides is 1. The molecule has 22 heavy (non-hydrogen) atoms. The fourth-order valence-corrected chi connectivity index (χ4v) is 2.20. The Labute approximate surface area is 139 Å². The van der Waals surface area contributed by atoms with Crippen molar-refractivity contribution in [3.63, 3.8) is 0 Å². The van der Waals surface area contributed by atoms with Crippen LogP contribution in [0, 0.1) is 5.92 Å². The average molecular weight is 333 g/mol. The van der Waals surface area contributed by atoms with E-state index in [-0.39, 0.29) is 24.4 Å². The smallest absolute Gasteiger partial charge is 0.226 e. The van der Waals surface area contributed by atoms with E-state index < -0.39 is 0 Å². The predicted octanol–water partition coefficient (Wildman–Crippen LogP) is 2.26. The normalized spacial score (nSPS) is 12.0. The maximum absolute atomic E-state index is 11.9. The van der Waals surface area contributed by atoms with Gasteiger partial charge in [-0.1, -0.05) is 25.9 Å². The lowest BCUT2D eigenvalue weighted by Gasteiger charge is -2.18. The second-order valence-electron chi connectivity index (χ2n) is 5.84. The molecule has 0 aliphatic heterocycles. The predicted molar refractivity (Wildman–Crippen MR) is 88.9 cm³/mol. The molecule has 0 aliphatic rings. The fraction of sp³-hybridized carbons (Fsp3) is 0.800. The first-order valence-electron chi connectivity index (χ1n) is 7.86. The van der Waals surface area contributed by atoms with Gasteiger partial charge in [-0.05, 0) is 25.2 Å². The van der Waals surface area contributed by atoms with E-state index in [4.69, 9.17) is 10.3 Å². The van der Waals surface area contributed by atoms with Crippen molar-refractivity contribution in [1.82, 2.24) is 15.5 Å². The van der Waals surface area contributed by atoms with Gasteiger partial charge in [-0.2, -0.15) is 4.98 Å². The zero-order valence-electron chi connectivity index (χ0n) is 13.8.